The summed E-state index contributed by atoms with van der Waals surface area (Å²) in [6.45, 7) is 9.44. The first kappa shape index (κ1) is 20.1. The SMILES string of the molecule is C=Cc1c(C)ccc(S(=O)(=O)Oc2ccc(CN3CCOCC3)cc2)c1C#N. The second-order valence-corrected chi connectivity index (χ2v) is 8.07. The van der Waals surface area contributed by atoms with Gasteiger partial charge in [-0.05, 0) is 41.8 Å². The summed E-state index contributed by atoms with van der Waals surface area (Å²) >= 11 is 0. The van der Waals surface area contributed by atoms with Crippen LogP contribution in [0.4, 0.5) is 0 Å². The average molecular weight is 398 g/mol. The lowest BCUT2D eigenvalue weighted by Gasteiger charge is -2.26. The van der Waals surface area contributed by atoms with Crippen LogP contribution in [0.5, 0.6) is 5.75 Å². The van der Waals surface area contributed by atoms with E-state index in [0.29, 0.717) is 5.56 Å². The Balaban J connectivity index is 1.79. The molecule has 0 spiro atoms. The van der Waals surface area contributed by atoms with Gasteiger partial charge in [0.05, 0.1) is 18.8 Å². The molecule has 146 valence electrons. The highest BCUT2D eigenvalue weighted by molar-refractivity contribution is 7.87. The third-order valence-electron chi connectivity index (χ3n) is 4.65. The van der Waals surface area contributed by atoms with Gasteiger partial charge in [-0.3, -0.25) is 4.90 Å². The molecule has 0 bridgehead atoms. The van der Waals surface area contributed by atoms with E-state index in [1.54, 1.807) is 25.1 Å². The van der Waals surface area contributed by atoms with Crippen LogP contribution in [0.3, 0.4) is 0 Å². The molecule has 2 aromatic rings. The molecule has 0 aliphatic carbocycles. The molecule has 0 N–H and O–H groups in total. The van der Waals surface area contributed by atoms with E-state index in [-0.39, 0.29) is 16.2 Å². The summed E-state index contributed by atoms with van der Waals surface area (Å²) in [7, 11) is -4.14. The van der Waals surface area contributed by atoms with Gasteiger partial charge in [0.25, 0.3) is 0 Å². The van der Waals surface area contributed by atoms with Gasteiger partial charge in [-0.15, -0.1) is 0 Å². The van der Waals surface area contributed by atoms with E-state index in [9.17, 15) is 13.7 Å². The minimum atomic E-state index is -4.14. The molecule has 0 unspecified atom stereocenters. The van der Waals surface area contributed by atoms with Crippen molar-refractivity contribution in [1.29, 1.82) is 5.26 Å². The first-order valence-corrected chi connectivity index (χ1v) is 10.3. The topological polar surface area (TPSA) is 79.6 Å². The van der Waals surface area contributed by atoms with Crippen molar-refractivity contribution in [1.82, 2.24) is 4.90 Å². The van der Waals surface area contributed by atoms with Gasteiger partial charge < -0.3 is 8.92 Å². The number of hydrogen-bond acceptors (Lipinski definition) is 6. The normalized spacial score (nSPS) is 15.0. The Morgan fingerprint density at radius 2 is 1.89 bits per heavy atom. The Hall–Kier alpha value is -2.66. The number of nitriles is 1. The monoisotopic (exact) mass is 398 g/mol. The maximum Gasteiger partial charge on any atom is 0.340 e. The zero-order valence-electron chi connectivity index (χ0n) is 15.7. The van der Waals surface area contributed by atoms with Crippen molar-refractivity contribution in [2.75, 3.05) is 26.3 Å². The van der Waals surface area contributed by atoms with E-state index in [1.165, 1.54) is 12.1 Å². The molecule has 0 saturated carbocycles. The van der Waals surface area contributed by atoms with Crippen molar-refractivity contribution in [2.45, 2.75) is 18.4 Å². The maximum atomic E-state index is 12.7. The minimum absolute atomic E-state index is 0.0407. The zero-order chi connectivity index (χ0) is 20.1. The molecule has 1 aliphatic heterocycles. The summed E-state index contributed by atoms with van der Waals surface area (Å²) in [5.41, 5.74) is 2.37. The third-order valence-corrected chi connectivity index (χ3v) is 5.94. The lowest BCUT2D eigenvalue weighted by molar-refractivity contribution is 0.0342. The Kier molecular flexibility index (Phi) is 6.15. The summed E-state index contributed by atoms with van der Waals surface area (Å²) < 4.78 is 36.1. The Labute approximate surface area is 165 Å². The first-order valence-electron chi connectivity index (χ1n) is 8.94. The van der Waals surface area contributed by atoms with E-state index < -0.39 is 10.1 Å². The van der Waals surface area contributed by atoms with Gasteiger partial charge in [0, 0.05) is 19.6 Å². The van der Waals surface area contributed by atoms with Crippen molar-refractivity contribution in [3.8, 4) is 11.8 Å². The van der Waals surface area contributed by atoms with Crippen LogP contribution in [0.2, 0.25) is 0 Å². The van der Waals surface area contributed by atoms with E-state index in [1.807, 2.05) is 18.2 Å². The van der Waals surface area contributed by atoms with Crippen LogP contribution >= 0.6 is 0 Å². The molecular weight excluding hydrogens is 376 g/mol. The zero-order valence-corrected chi connectivity index (χ0v) is 16.5. The van der Waals surface area contributed by atoms with Crippen LogP contribution in [0.25, 0.3) is 6.08 Å². The molecular formula is C21H22N2O4S. The summed E-state index contributed by atoms with van der Waals surface area (Å²) in [6.07, 6.45) is 1.48. The number of nitrogens with zero attached hydrogens (tertiary/aromatic N) is 2. The quantitative estimate of drug-likeness (QED) is 0.696. The minimum Gasteiger partial charge on any atom is -0.379 e. The summed E-state index contributed by atoms with van der Waals surface area (Å²) in [5, 5.41) is 9.45. The fourth-order valence-corrected chi connectivity index (χ4v) is 4.22. The van der Waals surface area contributed by atoms with Crippen molar-refractivity contribution in [3.63, 3.8) is 0 Å². The maximum absolute atomic E-state index is 12.7. The van der Waals surface area contributed by atoms with Crippen LogP contribution in [0.15, 0.2) is 47.9 Å². The number of ether oxygens (including phenoxy) is 1. The molecule has 28 heavy (non-hydrogen) atoms. The predicted octanol–water partition coefficient (Wildman–Crippen LogP) is 3.11. The highest BCUT2D eigenvalue weighted by Crippen LogP contribution is 2.26. The summed E-state index contributed by atoms with van der Waals surface area (Å²) in [5.74, 6) is 0.204. The van der Waals surface area contributed by atoms with Gasteiger partial charge in [0.2, 0.25) is 0 Å². The van der Waals surface area contributed by atoms with E-state index in [2.05, 4.69) is 11.5 Å². The second-order valence-electron chi connectivity index (χ2n) is 6.56. The van der Waals surface area contributed by atoms with Crippen molar-refractivity contribution in [3.05, 3.63) is 65.2 Å². The van der Waals surface area contributed by atoms with Crippen LogP contribution in [-0.2, 0) is 21.4 Å². The first-order chi connectivity index (χ1) is 13.4. The van der Waals surface area contributed by atoms with Gasteiger partial charge >= 0.3 is 10.1 Å². The number of aryl methyl sites for hydroxylation is 1. The largest absolute Gasteiger partial charge is 0.379 e. The van der Waals surface area contributed by atoms with Gasteiger partial charge in [-0.25, -0.2) is 0 Å². The number of benzene rings is 2. The highest BCUT2D eigenvalue weighted by Gasteiger charge is 2.23. The van der Waals surface area contributed by atoms with Crippen LogP contribution in [0, 0.1) is 18.3 Å². The second kappa shape index (κ2) is 8.57. The smallest absolute Gasteiger partial charge is 0.340 e. The van der Waals surface area contributed by atoms with Gasteiger partial charge in [-0.1, -0.05) is 30.9 Å². The lowest BCUT2D eigenvalue weighted by atomic mass is 10.0. The summed E-state index contributed by atoms with van der Waals surface area (Å²) in [4.78, 5) is 2.12. The Morgan fingerprint density at radius 3 is 2.50 bits per heavy atom. The molecule has 0 radical (unpaired) electrons. The fourth-order valence-electron chi connectivity index (χ4n) is 3.13. The molecule has 7 heteroatoms. The Bertz CT molecular complexity index is 1000. The van der Waals surface area contributed by atoms with Crippen LogP contribution in [0.1, 0.15) is 22.3 Å². The molecule has 1 heterocycles. The van der Waals surface area contributed by atoms with Gasteiger partial charge in [-0.2, -0.15) is 13.7 Å². The molecule has 0 atom stereocenters. The van der Waals surface area contributed by atoms with Crippen molar-refractivity contribution >= 4 is 16.2 Å². The third kappa shape index (κ3) is 4.42. The number of hydrogen-bond donors (Lipinski definition) is 0. The van der Waals surface area contributed by atoms with Gasteiger partial charge in [0.1, 0.15) is 16.7 Å². The standard InChI is InChI=1S/C21H22N2O4S/c1-3-19-16(2)4-9-21(20(19)14-22)28(24,25)27-18-7-5-17(6-8-18)15-23-10-12-26-13-11-23/h3-9H,1,10-13,15H2,2H3. The molecule has 6 nitrogen and oxygen atoms in total. The molecule has 0 amide bonds. The van der Waals surface area contributed by atoms with Crippen molar-refractivity contribution in [2.24, 2.45) is 0 Å². The fraction of sp³-hybridized carbons (Fsp3) is 0.286. The average Bonchev–Trinajstić information content (AvgIpc) is 2.69. The summed E-state index contributed by atoms with van der Waals surface area (Å²) in [6, 6.07) is 11.9. The van der Waals surface area contributed by atoms with Crippen LogP contribution < -0.4 is 4.18 Å². The van der Waals surface area contributed by atoms with E-state index in [4.69, 9.17) is 8.92 Å². The van der Waals surface area contributed by atoms with E-state index >= 15 is 0 Å². The van der Waals surface area contributed by atoms with E-state index in [0.717, 1.165) is 44.0 Å². The predicted molar refractivity (Wildman–Crippen MR) is 106 cm³/mol. The molecule has 1 aliphatic rings. The molecule has 0 aromatic heterocycles. The molecule has 1 fully saturated rings. The van der Waals surface area contributed by atoms with Crippen LogP contribution in [-0.4, -0.2) is 39.6 Å². The lowest BCUT2D eigenvalue weighted by Crippen LogP contribution is -2.35. The number of morpholine rings is 1. The van der Waals surface area contributed by atoms with Gasteiger partial charge in [0.15, 0.2) is 0 Å². The number of rotatable bonds is 6. The molecule has 1 saturated heterocycles. The molecule has 3 rings (SSSR count). The Morgan fingerprint density at radius 1 is 1.21 bits per heavy atom. The van der Waals surface area contributed by atoms with Crippen molar-refractivity contribution < 1.29 is 17.3 Å². The highest BCUT2D eigenvalue weighted by atomic mass is 32.2. The molecule has 2 aromatic carbocycles.